The van der Waals surface area contributed by atoms with Crippen LogP contribution >= 0.6 is 0 Å². The summed E-state index contributed by atoms with van der Waals surface area (Å²) in [4.78, 5) is 2.53. The number of hydrogen-bond donors (Lipinski definition) is 1. The smallest absolute Gasteiger partial charge is 0.0366 e. The Bertz CT molecular complexity index is 394. The average Bonchev–Trinajstić information content (AvgIpc) is 2.45. The fourth-order valence-electron chi connectivity index (χ4n) is 2.79. The van der Waals surface area contributed by atoms with Crippen molar-refractivity contribution in [3.05, 3.63) is 29.8 Å². The predicted molar refractivity (Wildman–Crippen MR) is 88.3 cm³/mol. The minimum Gasteiger partial charge on any atom is -0.372 e. The van der Waals surface area contributed by atoms with Gasteiger partial charge in [-0.1, -0.05) is 25.5 Å². The summed E-state index contributed by atoms with van der Waals surface area (Å²) >= 11 is 0. The highest BCUT2D eigenvalue weighted by atomic mass is 15.1. The summed E-state index contributed by atoms with van der Waals surface area (Å²) in [5.74, 6) is 0.946. The number of anilines is 1. The summed E-state index contributed by atoms with van der Waals surface area (Å²) in [5.41, 5.74) is 2.94. The third kappa shape index (κ3) is 4.52. The number of nitrogens with one attached hydrogen (secondary N) is 1. The van der Waals surface area contributed by atoms with Gasteiger partial charge < -0.3 is 10.2 Å². The summed E-state index contributed by atoms with van der Waals surface area (Å²) in [7, 11) is 0. The topological polar surface area (TPSA) is 15.3 Å². The van der Waals surface area contributed by atoms with Crippen molar-refractivity contribution in [3.8, 4) is 0 Å². The monoisotopic (exact) mass is 274 g/mol. The van der Waals surface area contributed by atoms with Gasteiger partial charge >= 0.3 is 0 Å². The Balaban J connectivity index is 1.88. The van der Waals surface area contributed by atoms with Gasteiger partial charge in [0.05, 0.1) is 0 Å². The minimum atomic E-state index is 0.181. The Labute approximate surface area is 124 Å². The van der Waals surface area contributed by atoms with Crippen LogP contribution in [0.5, 0.6) is 0 Å². The molecule has 1 aromatic carbocycles. The molecule has 1 heterocycles. The zero-order valence-electron chi connectivity index (χ0n) is 13.6. The van der Waals surface area contributed by atoms with Gasteiger partial charge in [-0.25, -0.2) is 0 Å². The molecule has 1 saturated heterocycles. The first-order valence-electron chi connectivity index (χ1n) is 8.07. The van der Waals surface area contributed by atoms with Crippen LogP contribution in [0.3, 0.4) is 0 Å². The Morgan fingerprint density at radius 3 is 2.20 bits per heavy atom. The molecule has 112 valence electrons. The van der Waals surface area contributed by atoms with Crippen LogP contribution in [0.1, 0.15) is 52.5 Å². The van der Waals surface area contributed by atoms with Gasteiger partial charge in [-0.2, -0.15) is 0 Å². The van der Waals surface area contributed by atoms with Crippen molar-refractivity contribution in [1.82, 2.24) is 5.32 Å². The van der Waals surface area contributed by atoms with Crippen molar-refractivity contribution < 1.29 is 0 Å². The van der Waals surface area contributed by atoms with Crippen LogP contribution in [0.15, 0.2) is 24.3 Å². The van der Waals surface area contributed by atoms with Crippen LogP contribution in [-0.4, -0.2) is 18.6 Å². The van der Waals surface area contributed by atoms with Crippen molar-refractivity contribution >= 4 is 5.69 Å². The summed E-state index contributed by atoms with van der Waals surface area (Å²) in [6, 6.07) is 9.10. The molecule has 0 bridgehead atoms. The third-order valence-corrected chi connectivity index (χ3v) is 4.32. The molecule has 1 aliphatic rings. The average molecular weight is 274 g/mol. The van der Waals surface area contributed by atoms with E-state index >= 15 is 0 Å². The minimum absolute atomic E-state index is 0.181. The van der Waals surface area contributed by atoms with Gasteiger partial charge in [0.15, 0.2) is 0 Å². The van der Waals surface area contributed by atoms with E-state index < -0.39 is 0 Å². The molecule has 0 radical (unpaired) electrons. The fraction of sp³-hybridized carbons (Fsp3) is 0.667. The number of piperidine rings is 1. The molecule has 1 fully saturated rings. The second kappa shape index (κ2) is 6.62. The van der Waals surface area contributed by atoms with E-state index in [1.807, 2.05) is 0 Å². The molecule has 20 heavy (non-hydrogen) atoms. The summed E-state index contributed by atoms with van der Waals surface area (Å²) in [6.45, 7) is 12.3. The zero-order chi connectivity index (χ0) is 14.6. The van der Waals surface area contributed by atoms with E-state index in [9.17, 15) is 0 Å². The summed E-state index contributed by atoms with van der Waals surface area (Å²) in [6.07, 6.45) is 4.04. The summed E-state index contributed by atoms with van der Waals surface area (Å²) < 4.78 is 0. The molecule has 0 unspecified atom stereocenters. The van der Waals surface area contributed by atoms with Gasteiger partial charge in [-0.05, 0) is 57.2 Å². The van der Waals surface area contributed by atoms with Crippen LogP contribution in [-0.2, 0) is 6.54 Å². The summed E-state index contributed by atoms with van der Waals surface area (Å²) in [5, 5.41) is 3.54. The molecule has 2 nitrogen and oxygen atoms in total. The molecule has 0 spiro atoms. The van der Waals surface area contributed by atoms with Crippen LogP contribution in [0.4, 0.5) is 5.69 Å². The van der Waals surface area contributed by atoms with E-state index in [1.54, 1.807) is 0 Å². The maximum absolute atomic E-state index is 3.54. The first kappa shape index (κ1) is 15.4. The standard InChI is InChI=1S/C18H30N2/c1-5-15-10-12-20(13-11-15)17-8-6-16(7-9-17)14-19-18(2,3)4/h6-9,15,19H,5,10-14H2,1-4H3. The van der Waals surface area contributed by atoms with Crippen LogP contribution in [0.2, 0.25) is 0 Å². The molecule has 0 amide bonds. The molecule has 0 aliphatic carbocycles. The van der Waals surface area contributed by atoms with Crippen LogP contribution in [0, 0.1) is 5.92 Å². The Hall–Kier alpha value is -1.02. The fourth-order valence-corrected chi connectivity index (χ4v) is 2.79. The molecule has 1 aromatic rings. The first-order chi connectivity index (χ1) is 9.48. The van der Waals surface area contributed by atoms with E-state index in [0.717, 1.165) is 12.5 Å². The molecule has 0 atom stereocenters. The number of rotatable bonds is 4. The lowest BCUT2D eigenvalue weighted by molar-refractivity contribution is 0.395. The van der Waals surface area contributed by atoms with Gasteiger partial charge in [0.1, 0.15) is 0 Å². The van der Waals surface area contributed by atoms with Gasteiger partial charge in [0.25, 0.3) is 0 Å². The van der Waals surface area contributed by atoms with Crippen molar-refractivity contribution in [3.63, 3.8) is 0 Å². The quantitative estimate of drug-likeness (QED) is 0.885. The lowest BCUT2D eigenvalue weighted by Crippen LogP contribution is -2.35. The lowest BCUT2D eigenvalue weighted by atomic mass is 9.94. The Morgan fingerprint density at radius 2 is 1.70 bits per heavy atom. The highest BCUT2D eigenvalue weighted by Crippen LogP contribution is 2.25. The first-order valence-corrected chi connectivity index (χ1v) is 8.07. The lowest BCUT2D eigenvalue weighted by Gasteiger charge is -2.33. The van der Waals surface area contributed by atoms with Crippen LogP contribution < -0.4 is 10.2 Å². The normalized spacial score (nSPS) is 17.5. The van der Waals surface area contributed by atoms with Crippen molar-refractivity contribution in [2.75, 3.05) is 18.0 Å². The van der Waals surface area contributed by atoms with Gasteiger partial charge in [0, 0.05) is 30.9 Å². The van der Waals surface area contributed by atoms with Gasteiger partial charge in [-0.15, -0.1) is 0 Å². The largest absolute Gasteiger partial charge is 0.372 e. The second-order valence-electron chi connectivity index (χ2n) is 7.11. The molecule has 2 rings (SSSR count). The maximum Gasteiger partial charge on any atom is 0.0366 e. The molecule has 1 aliphatic heterocycles. The van der Waals surface area contributed by atoms with Crippen molar-refractivity contribution in [1.29, 1.82) is 0 Å². The molecule has 0 saturated carbocycles. The van der Waals surface area contributed by atoms with Crippen molar-refractivity contribution in [2.45, 2.75) is 59.0 Å². The molecule has 0 aromatic heterocycles. The van der Waals surface area contributed by atoms with E-state index in [2.05, 4.69) is 62.2 Å². The van der Waals surface area contributed by atoms with E-state index in [1.165, 1.54) is 43.6 Å². The number of nitrogens with zero attached hydrogens (tertiary/aromatic N) is 1. The molecular formula is C18H30N2. The zero-order valence-corrected chi connectivity index (χ0v) is 13.6. The SMILES string of the molecule is CCC1CCN(c2ccc(CNC(C)(C)C)cc2)CC1. The van der Waals surface area contributed by atoms with Crippen LogP contribution in [0.25, 0.3) is 0 Å². The number of benzene rings is 1. The maximum atomic E-state index is 3.54. The molecule has 1 N–H and O–H groups in total. The molecule has 2 heteroatoms. The highest BCUT2D eigenvalue weighted by molar-refractivity contribution is 5.48. The predicted octanol–water partition coefficient (Wildman–Crippen LogP) is 4.20. The van der Waals surface area contributed by atoms with Gasteiger partial charge in [-0.3, -0.25) is 0 Å². The van der Waals surface area contributed by atoms with Gasteiger partial charge in [0.2, 0.25) is 0 Å². The van der Waals surface area contributed by atoms with E-state index in [4.69, 9.17) is 0 Å². The number of hydrogen-bond acceptors (Lipinski definition) is 2. The third-order valence-electron chi connectivity index (χ3n) is 4.32. The second-order valence-corrected chi connectivity index (χ2v) is 7.11. The molecular weight excluding hydrogens is 244 g/mol. The highest BCUT2D eigenvalue weighted by Gasteiger charge is 2.17. The van der Waals surface area contributed by atoms with E-state index in [0.29, 0.717) is 0 Å². The Morgan fingerprint density at radius 1 is 1.10 bits per heavy atom. The van der Waals surface area contributed by atoms with E-state index in [-0.39, 0.29) is 5.54 Å². The van der Waals surface area contributed by atoms with Crippen molar-refractivity contribution in [2.24, 2.45) is 5.92 Å². The Kier molecular flexibility index (Phi) is 5.09.